The zero-order valence-corrected chi connectivity index (χ0v) is 17.1. The molecular weight excluding hydrogens is 374 g/mol. The van der Waals surface area contributed by atoms with Crippen LogP contribution in [0.3, 0.4) is 0 Å². The lowest BCUT2D eigenvalue weighted by Gasteiger charge is -2.16. The second-order valence-corrected chi connectivity index (χ2v) is 7.68. The van der Waals surface area contributed by atoms with Gasteiger partial charge in [0.25, 0.3) is 0 Å². The molecular formula is C20H33N5O4. The quantitative estimate of drug-likeness (QED) is 0.457. The number of aliphatic hydroxyl groups is 2. The molecule has 0 unspecified atom stereocenters. The molecule has 2 aromatic heterocycles. The van der Waals surface area contributed by atoms with Crippen molar-refractivity contribution in [2.24, 2.45) is 0 Å². The summed E-state index contributed by atoms with van der Waals surface area (Å²) in [6, 6.07) is 0. The van der Waals surface area contributed by atoms with Crippen LogP contribution in [0.2, 0.25) is 0 Å². The molecule has 1 aliphatic heterocycles. The number of nitrogens with two attached hydrogens (primary N) is 1. The van der Waals surface area contributed by atoms with Crippen LogP contribution in [0, 0.1) is 0 Å². The molecule has 0 radical (unpaired) electrons. The summed E-state index contributed by atoms with van der Waals surface area (Å²) in [5, 5.41) is 20.8. The van der Waals surface area contributed by atoms with Gasteiger partial charge in [-0.15, -0.1) is 0 Å². The number of aromatic nitrogens is 4. The third-order valence-corrected chi connectivity index (χ3v) is 5.42. The third kappa shape index (κ3) is 5.42. The normalized spacial score (nSPS) is 24.5. The Balaban J connectivity index is 1.41. The van der Waals surface area contributed by atoms with E-state index in [1.54, 1.807) is 4.57 Å². The summed E-state index contributed by atoms with van der Waals surface area (Å²) in [4.78, 5) is 12.3. The van der Waals surface area contributed by atoms with Crippen molar-refractivity contribution in [2.45, 2.75) is 82.8 Å². The Morgan fingerprint density at radius 3 is 2.52 bits per heavy atom. The number of nitrogen functional groups attached to an aromatic ring is 1. The molecule has 9 heteroatoms. The number of unbranched alkanes of at least 4 members (excludes halogenated alkanes) is 7. The van der Waals surface area contributed by atoms with Gasteiger partial charge in [0.15, 0.2) is 17.7 Å². The van der Waals surface area contributed by atoms with E-state index in [9.17, 15) is 10.2 Å². The number of nitrogens with zero attached hydrogens (tertiary/aromatic N) is 4. The third-order valence-electron chi connectivity index (χ3n) is 5.42. The molecule has 0 amide bonds. The molecule has 29 heavy (non-hydrogen) atoms. The highest BCUT2D eigenvalue weighted by Gasteiger charge is 2.44. The highest BCUT2D eigenvalue weighted by atomic mass is 16.6. The largest absolute Gasteiger partial charge is 0.387 e. The van der Waals surface area contributed by atoms with Crippen LogP contribution in [0.4, 0.5) is 5.82 Å². The van der Waals surface area contributed by atoms with E-state index < -0.39 is 24.5 Å². The van der Waals surface area contributed by atoms with Crippen molar-refractivity contribution in [1.82, 2.24) is 19.5 Å². The Hall–Kier alpha value is -1.81. The first kappa shape index (κ1) is 21.9. The van der Waals surface area contributed by atoms with Gasteiger partial charge in [-0.25, -0.2) is 15.0 Å². The Bertz CT molecular complexity index is 756. The Kier molecular flexibility index (Phi) is 8.17. The van der Waals surface area contributed by atoms with E-state index in [1.807, 2.05) is 0 Å². The molecule has 0 aromatic carbocycles. The molecule has 0 saturated carbocycles. The smallest absolute Gasteiger partial charge is 0.167 e. The minimum Gasteiger partial charge on any atom is -0.387 e. The molecule has 1 saturated heterocycles. The van der Waals surface area contributed by atoms with Crippen molar-refractivity contribution in [1.29, 1.82) is 0 Å². The molecule has 1 fully saturated rings. The van der Waals surface area contributed by atoms with Gasteiger partial charge in [-0.1, -0.05) is 51.9 Å². The molecule has 3 rings (SSSR count). The number of anilines is 1. The molecule has 4 atom stereocenters. The van der Waals surface area contributed by atoms with Crippen LogP contribution in [0.5, 0.6) is 0 Å². The second kappa shape index (κ2) is 10.8. The van der Waals surface area contributed by atoms with Gasteiger partial charge in [0.2, 0.25) is 0 Å². The lowest BCUT2D eigenvalue weighted by atomic mass is 10.1. The van der Waals surface area contributed by atoms with Gasteiger partial charge in [-0.3, -0.25) is 4.57 Å². The maximum Gasteiger partial charge on any atom is 0.167 e. The Morgan fingerprint density at radius 2 is 1.76 bits per heavy atom. The van der Waals surface area contributed by atoms with Crippen molar-refractivity contribution in [2.75, 3.05) is 18.9 Å². The maximum atomic E-state index is 10.4. The lowest BCUT2D eigenvalue weighted by molar-refractivity contribution is -0.0657. The van der Waals surface area contributed by atoms with Crippen LogP contribution in [0.15, 0.2) is 12.7 Å². The molecule has 0 spiro atoms. The summed E-state index contributed by atoms with van der Waals surface area (Å²) >= 11 is 0. The maximum absolute atomic E-state index is 10.4. The van der Waals surface area contributed by atoms with Crippen LogP contribution in [-0.4, -0.2) is 61.3 Å². The van der Waals surface area contributed by atoms with Crippen LogP contribution in [0.25, 0.3) is 11.2 Å². The number of aliphatic hydroxyl groups excluding tert-OH is 2. The predicted molar refractivity (Wildman–Crippen MR) is 109 cm³/mol. The van der Waals surface area contributed by atoms with Gasteiger partial charge in [0.05, 0.1) is 12.9 Å². The highest BCUT2D eigenvalue weighted by Crippen LogP contribution is 2.32. The number of rotatable bonds is 12. The molecule has 1 aliphatic rings. The zero-order chi connectivity index (χ0) is 20.6. The van der Waals surface area contributed by atoms with Crippen molar-refractivity contribution < 1.29 is 19.7 Å². The average molecular weight is 408 g/mol. The SMILES string of the molecule is CCCCCCCCCCOC[C@H]1O[C@@H](n2cnc3c(N)ncnc32)[C@H](O)[C@@H]1O. The number of hydrogen-bond acceptors (Lipinski definition) is 8. The molecule has 162 valence electrons. The van der Waals surface area contributed by atoms with Gasteiger partial charge in [0.1, 0.15) is 30.2 Å². The fourth-order valence-electron chi connectivity index (χ4n) is 3.69. The molecule has 2 aromatic rings. The van der Waals surface area contributed by atoms with Gasteiger partial charge < -0.3 is 25.4 Å². The molecule has 0 bridgehead atoms. The van der Waals surface area contributed by atoms with Crippen LogP contribution in [0.1, 0.15) is 64.5 Å². The van der Waals surface area contributed by atoms with Gasteiger partial charge in [0, 0.05) is 6.61 Å². The Morgan fingerprint density at radius 1 is 1.03 bits per heavy atom. The van der Waals surface area contributed by atoms with E-state index in [0.717, 1.165) is 12.8 Å². The Labute approximate surface area is 171 Å². The predicted octanol–water partition coefficient (Wildman–Crippen LogP) is 2.18. The molecule has 3 heterocycles. The fourth-order valence-corrected chi connectivity index (χ4v) is 3.69. The standard InChI is InChI=1S/C20H33N5O4/c1-2-3-4-5-6-7-8-9-10-28-11-14-16(26)17(27)20(29-14)25-13-24-15-18(21)22-12-23-19(15)25/h12-14,16-17,20,26-27H,2-11H2,1H3,(H2,21,22,23)/t14-,16-,17-,20-/m1/s1. The summed E-state index contributed by atoms with van der Waals surface area (Å²) < 4.78 is 13.1. The summed E-state index contributed by atoms with van der Waals surface area (Å²) in [6.45, 7) is 3.08. The van der Waals surface area contributed by atoms with Crippen molar-refractivity contribution in [3.05, 3.63) is 12.7 Å². The van der Waals surface area contributed by atoms with Crippen molar-refractivity contribution >= 4 is 17.0 Å². The summed E-state index contributed by atoms with van der Waals surface area (Å²) in [5.74, 6) is 0.257. The second-order valence-electron chi connectivity index (χ2n) is 7.68. The van der Waals surface area contributed by atoms with Crippen LogP contribution >= 0.6 is 0 Å². The van der Waals surface area contributed by atoms with E-state index in [1.165, 1.54) is 51.2 Å². The zero-order valence-electron chi connectivity index (χ0n) is 17.1. The van der Waals surface area contributed by atoms with E-state index >= 15 is 0 Å². The topological polar surface area (TPSA) is 129 Å². The number of imidazole rings is 1. The van der Waals surface area contributed by atoms with Crippen molar-refractivity contribution in [3.63, 3.8) is 0 Å². The monoisotopic (exact) mass is 407 g/mol. The van der Waals surface area contributed by atoms with Gasteiger partial charge in [-0.2, -0.15) is 0 Å². The van der Waals surface area contributed by atoms with Gasteiger partial charge >= 0.3 is 0 Å². The first-order valence-electron chi connectivity index (χ1n) is 10.7. The first-order valence-corrected chi connectivity index (χ1v) is 10.7. The summed E-state index contributed by atoms with van der Waals surface area (Å²) in [7, 11) is 0. The van der Waals surface area contributed by atoms with Crippen LogP contribution < -0.4 is 5.73 Å². The number of ether oxygens (including phenoxy) is 2. The number of fused-ring (bicyclic) bond motifs is 1. The van der Waals surface area contributed by atoms with Crippen LogP contribution in [-0.2, 0) is 9.47 Å². The summed E-state index contributed by atoms with van der Waals surface area (Å²) in [5.41, 5.74) is 6.69. The minimum absolute atomic E-state index is 0.231. The van der Waals surface area contributed by atoms with Gasteiger partial charge in [-0.05, 0) is 6.42 Å². The highest BCUT2D eigenvalue weighted by molar-refractivity contribution is 5.81. The minimum atomic E-state index is -1.11. The average Bonchev–Trinajstić information content (AvgIpc) is 3.26. The van der Waals surface area contributed by atoms with E-state index in [2.05, 4.69) is 21.9 Å². The molecule has 4 N–H and O–H groups in total. The lowest BCUT2D eigenvalue weighted by Crippen LogP contribution is -2.33. The van der Waals surface area contributed by atoms with E-state index in [4.69, 9.17) is 15.2 Å². The molecule has 9 nitrogen and oxygen atoms in total. The fraction of sp³-hybridized carbons (Fsp3) is 0.750. The first-order chi connectivity index (χ1) is 14.1. The van der Waals surface area contributed by atoms with Crippen molar-refractivity contribution in [3.8, 4) is 0 Å². The van der Waals surface area contributed by atoms with E-state index in [-0.39, 0.29) is 12.4 Å². The van der Waals surface area contributed by atoms with E-state index in [0.29, 0.717) is 17.8 Å². The summed E-state index contributed by atoms with van der Waals surface area (Å²) in [6.07, 6.45) is 9.15. The number of hydrogen-bond donors (Lipinski definition) is 3. The molecule has 0 aliphatic carbocycles.